The molecule has 1 atom stereocenters. The monoisotopic (exact) mass is 343 g/mol. The number of nitro groups is 1. The Balaban J connectivity index is 1.99. The summed E-state index contributed by atoms with van der Waals surface area (Å²) in [6.45, 7) is 0. The normalized spacial score (nSPS) is 24.0. The van der Waals surface area contributed by atoms with Crippen molar-refractivity contribution in [1.82, 2.24) is 5.01 Å². The zero-order valence-corrected chi connectivity index (χ0v) is 12.2. The van der Waals surface area contributed by atoms with E-state index >= 15 is 0 Å². The van der Waals surface area contributed by atoms with Crippen LogP contribution in [0.5, 0.6) is 0 Å². The molecule has 1 N–H and O–H groups in total. The van der Waals surface area contributed by atoms with Crippen LogP contribution in [0.25, 0.3) is 0 Å². The van der Waals surface area contributed by atoms with Gasteiger partial charge in [-0.1, -0.05) is 6.07 Å². The van der Waals surface area contributed by atoms with Gasteiger partial charge < -0.3 is 5.11 Å². The van der Waals surface area contributed by atoms with Gasteiger partial charge >= 0.3 is 6.18 Å². The molecule has 1 aromatic rings. The Bertz CT molecular complexity index is 745. The van der Waals surface area contributed by atoms with Gasteiger partial charge in [-0.25, -0.2) is 0 Å². The van der Waals surface area contributed by atoms with Gasteiger partial charge in [0.2, 0.25) is 0 Å². The average Bonchev–Trinajstić information content (AvgIpc) is 3.29. The lowest BCUT2D eigenvalue weighted by atomic mass is 10.0. The van der Waals surface area contributed by atoms with Crippen LogP contribution in [0.2, 0.25) is 0 Å². The zero-order chi connectivity index (χ0) is 17.7. The van der Waals surface area contributed by atoms with Crippen LogP contribution in [0.1, 0.15) is 29.6 Å². The highest BCUT2D eigenvalue weighted by atomic mass is 19.4. The van der Waals surface area contributed by atoms with E-state index in [2.05, 4.69) is 5.10 Å². The molecule has 0 spiro atoms. The molecule has 0 aromatic heterocycles. The molecule has 1 saturated carbocycles. The lowest BCUT2D eigenvalue weighted by Crippen LogP contribution is -2.56. The van der Waals surface area contributed by atoms with Gasteiger partial charge in [-0.15, -0.1) is 0 Å². The van der Waals surface area contributed by atoms with E-state index in [0.29, 0.717) is 12.8 Å². The summed E-state index contributed by atoms with van der Waals surface area (Å²) in [7, 11) is 0. The first-order chi connectivity index (χ1) is 11.1. The second-order valence-electron chi connectivity index (χ2n) is 5.78. The molecule has 1 fully saturated rings. The van der Waals surface area contributed by atoms with Crippen molar-refractivity contribution in [2.45, 2.75) is 31.2 Å². The molecular formula is C14H12F3N3O4. The highest BCUT2D eigenvalue weighted by Crippen LogP contribution is 2.45. The molecular weight excluding hydrogens is 331 g/mol. The Kier molecular flexibility index (Phi) is 3.59. The van der Waals surface area contributed by atoms with Crippen molar-refractivity contribution in [1.29, 1.82) is 0 Å². The number of carbonyl (C=O) groups is 1. The standard InChI is InChI=1S/C14H12F3N3O4/c15-14(16,17)13(22)7-11(8-4-5-8)18-19(13)12(21)9-2-1-3-10(6-9)20(23)24/h1-3,6,8,22H,4-5,7H2/t13-/m0/s1. The van der Waals surface area contributed by atoms with Gasteiger partial charge in [0.05, 0.1) is 4.92 Å². The van der Waals surface area contributed by atoms with Crippen molar-refractivity contribution >= 4 is 17.3 Å². The van der Waals surface area contributed by atoms with E-state index in [1.54, 1.807) is 0 Å². The molecule has 1 aliphatic heterocycles. The van der Waals surface area contributed by atoms with Gasteiger partial charge in [-0.2, -0.15) is 23.3 Å². The fraction of sp³-hybridized carbons (Fsp3) is 0.429. The van der Waals surface area contributed by atoms with Crippen LogP contribution in [0, 0.1) is 16.0 Å². The maximum atomic E-state index is 13.3. The lowest BCUT2D eigenvalue weighted by Gasteiger charge is -2.32. The predicted octanol–water partition coefficient (Wildman–Crippen LogP) is 2.46. The first-order valence-electron chi connectivity index (χ1n) is 7.09. The Morgan fingerprint density at radius 2 is 2.08 bits per heavy atom. The Morgan fingerprint density at radius 1 is 1.42 bits per heavy atom. The Labute approximate surface area is 133 Å². The zero-order valence-electron chi connectivity index (χ0n) is 12.2. The number of hydrogen-bond donors (Lipinski definition) is 1. The first kappa shape index (κ1) is 16.4. The maximum absolute atomic E-state index is 13.3. The van der Waals surface area contributed by atoms with E-state index in [9.17, 15) is 33.2 Å². The number of aliphatic hydroxyl groups is 1. The van der Waals surface area contributed by atoms with Gasteiger partial charge in [0.25, 0.3) is 17.3 Å². The van der Waals surface area contributed by atoms with Gasteiger partial charge in [-0.05, 0) is 24.8 Å². The first-order valence-corrected chi connectivity index (χ1v) is 7.09. The van der Waals surface area contributed by atoms with Gasteiger partial charge in [0, 0.05) is 29.8 Å². The number of non-ortho nitro benzene ring substituents is 1. The van der Waals surface area contributed by atoms with Crippen molar-refractivity contribution in [2.75, 3.05) is 0 Å². The second-order valence-corrected chi connectivity index (χ2v) is 5.78. The molecule has 0 radical (unpaired) electrons. The molecule has 24 heavy (non-hydrogen) atoms. The second kappa shape index (κ2) is 5.26. The summed E-state index contributed by atoms with van der Waals surface area (Å²) < 4.78 is 39.9. The van der Waals surface area contributed by atoms with Crippen LogP contribution in [-0.4, -0.2) is 38.6 Å². The molecule has 3 rings (SSSR count). The fourth-order valence-corrected chi connectivity index (χ4v) is 2.52. The number of nitro benzene ring substituents is 1. The quantitative estimate of drug-likeness (QED) is 0.673. The number of halogens is 3. The van der Waals surface area contributed by atoms with E-state index in [-0.39, 0.29) is 22.2 Å². The van der Waals surface area contributed by atoms with E-state index in [4.69, 9.17) is 0 Å². The molecule has 0 unspecified atom stereocenters. The SMILES string of the molecule is O=C(c1cccc([N+](=O)[O-])c1)N1N=C(C2CC2)C[C@]1(O)C(F)(F)F. The summed E-state index contributed by atoms with van der Waals surface area (Å²) in [4.78, 5) is 22.4. The molecule has 2 aliphatic rings. The molecule has 1 aliphatic carbocycles. The summed E-state index contributed by atoms with van der Waals surface area (Å²) in [6, 6.07) is 4.27. The maximum Gasteiger partial charge on any atom is 0.438 e. The molecule has 7 nitrogen and oxygen atoms in total. The van der Waals surface area contributed by atoms with Crippen LogP contribution in [0.3, 0.4) is 0 Å². The lowest BCUT2D eigenvalue weighted by molar-refractivity contribution is -0.384. The number of alkyl halides is 3. The summed E-state index contributed by atoms with van der Waals surface area (Å²) in [5, 5.41) is 24.5. The summed E-state index contributed by atoms with van der Waals surface area (Å²) in [5.41, 5.74) is -4.12. The fourth-order valence-electron chi connectivity index (χ4n) is 2.52. The number of rotatable bonds is 3. The molecule has 0 saturated heterocycles. The number of hydrazone groups is 1. The van der Waals surface area contributed by atoms with Gasteiger partial charge in [-0.3, -0.25) is 14.9 Å². The summed E-state index contributed by atoms with van der Waals surface area (Å²) in [5.74, 6) is -1.41. The molecule has 1 heterocycles. The molecule has 128 valence electrons. The van der Waals surface area contributed by atoms with Crippen molar-refractivity contribution in [3.05, 3.63) is 39.9 Å². The van der Waals surface area contributed by atoms with Gasteiger partial charge in [0.1, 0.15) is 0 Å². The van der Waals surface area contributed by atoms with Crippen molar-refractivity contribution in [3.8, 4) is 0 Å². The minimum atomic E-state index is -5.11. The number of benzene rings is 1. The van der Waals surface area contributed by atoms with Crippen molar-refractivity contribution < 1.29 is 28.0 Å². The van der Waals surface area contributed by atoms with Crippen LogP contribution in [0.4, 0.5) is 18.9 Å². The number of hydrogen-bond acceptors (Lipinski definition) is 5. The van der Waals surface area contributed by atoms with E-state index < -0.39 is 34.8 Å². The smallest absolute Gasteiger partial charge is 0.362 e. The van der Waals surface area contributed by atoms with E-state index in [1.165, 1.54) is 6.07 Å². The number of nitrogens with zero attached hydrogens (tertiary/aromatic N) is 3. The topological polar surface area (TPSA) is 96.0 Å². The van der Waals surface area contributed by atoms with Crippen LogP contribution in [-0.2, 0) is 0 Å². The third kappa shape index (κ3) is 2.62. The molecule has 1 amide bonds. The molecule has 10 heteroatoms. The average molecular weight is 343 g/mol. The van der Waals surface area contributed by atoms with E-state index in [0.717, 1.165) is 18.2 Å². The molecule has 0 bridgehead atoms. The third-order valence-electron chi connectivity index (χ3n) is 4.01. The third-order valence-corrected chi connectivity index (χ3v) is 4.01. The largest absolute Gasteiger partial charge is 0.438 e. The Hall–Kier alpha value is -2.49. The number of amides is 1. The predicted molar refractivity (Wildman–Crippen MR) is 75.0 cm³/mol. The van der Waals surface area contributed by atoms with Crippen molar-refractivity contribution in [3.63, 3.8) is 0 Å². The highest BCUT2D eigenvalue weighted by molar-refractivity contribution is 5.99. The van der Waals surface area contributed by atoms with Gasteiger partial charge in [0.15, 0.2) is 0 Å². The minimum absolute atomic E-state index is 0.000285. The summed E-state index contributed by atoms with van der Waals surface area (Å²) in [6.07, 6.45) is -4.59. The van der Waals surface area contributed by atoms with Crippen LogP contribution >= 0.6 is 0 Å². The Morgan fingerprint density at radius 3 is 2.62 bits per heavy atom. The summed E-state index contributed by atoms with van der Waals surface area (Å²) >= 11 is 0. The molecule has 1 aromatic carbocycles. The van der Waals surface area contributed by atoms with Crippen molar-refractivity contribution in [2.24, 2.45) is 11.0 Å². The van der Waals surface area contributed by atoms with Crippen LogP contribution in [0.15, 0.2) is 29.4 Å². The van der Waals surface area contributed by atoms with E-state index in [1.807, 2.05) is 0 Å². The van der Waals surface area contributed by atoms with Crippen LogP contribution < -0.4 is 0 Å². The minimum Gasteiger partial charge on any atom is -0.362 e. The number of carbonyl (C=O) groups excluding carboxylic acids is 1. The highest BCUT2D eigenvalue weighted by Gasteiger charge is 2.64.